The van der Waals surface area contributed by atoms with Crippen LogP contribution in [0.4, 0.5) is 0 Å². The number of hydrogen-bond acceptors (Lipinski definition) is 2. The summed E-state index contributed by atoms with van der Waals surface area (Å²) in [6, 6.07) is 8.72. The molecule has 0 N–H and O–H groups in total. The van der Waals surface area contributed by atoms with Crippen LogP contribution in [0.25, 0.3) is 0 Å². The summed E-state index contributed by atoms with van der Waals surface area (Å²) in [5.74, 6) is 0. The molecule has 0 saturated heterocycles. The quantitative estimate of drug-likeness (QED) is 0.805. The van der Waals surface area contributed by atoms with Crippen molar-refractivity contribution in [1.29, 1.82) is 0 Å². The molecule has 18 heavy (non-hydrogen) atoms. The zero-order chi connectivity index (χ0) is 13.0. The zero-order valence-electron chi connectivity index (χ0n) is 11.4. The van der Waals surface area contributed by atoms with Crippen molar-refractivity contribution < 1.29 is 0 Å². The first-order chi connectivity index (χ1) is 8.67. The van der Waals surface area contributed by atoms with Crippen LogP contribution in [-0.2, 0) is 19.6 Å². The van der Waals surface area contributed by atoms with Crippen molar-refractivity contribution in [2.75, 3.05) is 7.05 Å². The Bertz CT molecular complexity index is 485. The maximum Gasteiger partial charge on any atom is 0.0534 e. The predicted molar refractivity (Wildman–Crippen MR) is 74.3 cm³/mol. The Hall–Kier alpha value is -1.61. The third-order valence-electron chi connectivity index (χ3n) is 3.04. The summed E-state index contributed by atoms with van der Waals surface area (Å²) in [7, 11) is 2.14. The molecule has 0 unspecified atom stereocenters. The molecule has 0 spiro atoms. The van der Waals surface area contributed by atoms with E-state index in [1.165, 1.54) is 16.7 Å². The van der Waals surface area contributed by atoms with Crippen LogP contribution < -0.4 is 0 Å². The van der Waals surface area contributed by atoms with Crippen molar-refractivity contribution in [3.63, 3.8) is 0 Å². The second-order valence-electron chi connectivity index (χ2n) is 4.86. The van der Waals surface area contributed by atoms with E-state index in [1.54, 1.807) is 0 Å². The van der Waals surface area contributed by atoms with E-state index < -0.39 is 0 Å². The number of benzene rings is 1. The lowest BCUT2D eigenvalue weighted by Crippen LogP contribution is -2.16. The van der Waals surface area contributed by atoms with E-state index in [0.29, 0.717) is 0 Å². The van der Waals surface area contributed by atoms with Gasteiger partial charge in [0, 0.05) is 31.4 Å². The molecule has 2 rings (SSSR count). The molecule has 3 heteroatoms. The van der Waals surface area contributed by atoms with Gasteiger partial charge in [0.1, 0.15) is 0 Å². The summed E-state index contributed by atoms with van der Waals surface area (Å²) < 4.78 is 1.97. The van der Waals surface area contributed by atoms with E-state index in [0.717, 1.165) is 19.6 Å². The van der Waals surface area contributed by atoms with Crippen LogP contribution in [0.1, 0.15) is 23.6 Å². The largest absolute Gasteiger partial charge is 0.298 e. The molecule has 0 aliphatic carbocycles. The normalized spacial score (nSPS) is 11.1. The summed E-state index contributed by atoms with van der Waals surface area (Å²) in [4.78, 5) is 2.31. The van der Waals surface area contributed by atoms with Crippen molar-refractivity contribution in [1.82, 2.24) is 14.7 Å². The standard InChI is InChI=1S/C15H21N3/c1-4-18-12-15(9-16-18)11-17(3)10-14-7-5-13(2)6-8-14/h5-9,12H,4,10-11H2,1-3H3. The molecule has 0 aliphatic heterocycles. The van der Waals surface area contributed by atoms with E-state index in [1.807, 2.05) is 10.9 Å². The fraction of sp³-hybridized carbons (Fsp3) is 0.400. The van der Waals surface area contributed by atoms with E-state index in [4.69, 9.17) is 0 Å². The Morgan fingerprint density at radius 1 is 1.11 bits per heavy atom. The van der Waals surface area contributed by atoms with Crippen LogP contribution in [0.2, 0.25) is 0 Å². The molecule has 0 fully saturated rings. The third kappa shape index (κ3) is 3.44. The van der Waals surface area contributed by atoms with Gasteiger partial charge in [-0.3, -0.25) is 9.58 Å². The maximum absolute atomic E-state index is 4.30. The molecule has 0 amide bonds. The Balaban J connectivity index is 1.91. The van der Waals surface area contributed by atoms with Gasteiger partial charge in [-0.2, -0.15) is 5.10 Å². The fourth-order valence-corrected chi connectivity index (χ4v) is 2.03. The molecular formula is C15H21N3. The zero-order valence-corrected chi connectivity index (χ0v) is 11.4. The van der Waals surface area contributed by atoms with Crippen molar-refractivity contribution in [2.24, 2.45) is 0 Å². The van der Waals surface area contributed by atoms with E-state index in [9.17, 15) is 0 Å². The highest BCUT2D eigenvalue weighted by Crippen LogP contribution is 2.09. The Kier molecular flexibility index (Phi) is 4.15. The first-order valence-corrected chi connectivity index (χ1v) is 6.43. The molecule has 0 bridgehead atoms. The molecule has 3 nitrogen and oxygen atoms in total. The average Bonchev–Trinajstić information content (AvgIpc) is 2.79. The predicted octanol–water partition coefficient (Wildman–Crippen LogP) is 2.84. The van der Waals surface area contributed by atoms with Crippen molar-refractivity contribution >= 4 is 0 Å². The van der Waals surface area contributed by atoms with Gasteiger partial charge in [0.05, 0.1) is 6.20 Å². The molecule has 0 atom stereocenters. The topological polar surface area (TPSA) is 21.1 Å². The van der Waals surface area contributed by atoms with Gasteiger partial charge in [-0.25, -0.2) is 0 Å². The van der Waals surface area contributed by atoms with Gasteiger partial charge in [0.15, 0.2) is 0 Å². The van der Waals surface area contributed by atoms with Crippen LogP contribution in [0.15, 0.2) is 36.7 Å². The minimum Gasteiger partial charge on any atom is -0.298 e. The minimum atomic E-state index is 0.932. The Labute approximate surface area is 109 Å². The second kappa shape index (κ2) is 5.83. The Morgan fingerprint density at radius 2 is 1.78 bits per heavy atom. The summed E-state index contributed by atoms with van der Waals surface area (Å²) in [5.41, 5.74) is 3.93. The number of nitrogens with zero attached hydrogens (tertiary/aromatic N) is 3. The van der Waals surface area contributed by atoms with Crippen LogP contribution in [0.3, 0.4) is 0 Å². The second-order valence-corrected chi connectivity index (χ2v) is 4.86. The van der Waals surface area contributed by atoms with Crippen LogP contribution in [0, 0.1) is 6.92 Å². The molecule has 0 aliphatic rings. The number of hydrogen-bond donors (Lipinski definition) is 0. The summed E-state index contributed by atoms with van der Waals surface area (Å²) in [6.07, 6.45) is 4.07. The lowest BCUT2D eigenvalue weighted by atomic mass is 10.1. The highest BCUT2D eigenvalue weighted by Gasteiger charge is 2.03. The first-order valence-electron chi connectivity index (χ1n) is 6.43. The lowest BCUT2D eigenvalue weighted by molar-refractivity contribution is 0.319. The van der Waals surface area contributed by atoms with Crippen molar-refractivity contribution in [3.8, 4) is 0 Å². The van der Waals surface area contributed by atoms with Crippen molar-refractivity contribution in [3.05, 3.63) is 53.3 Å². The van der Waals surface area contributed by atoms with Crippen molar-refractivity contribution in [2.45, 2.75) is 33.5 Å². The Morgan fingerprint density at radius 3 is 2.39 bits per heavy atom. The number of aromatic nitrogens is 2. The molecule has 1 heterocycles. The molecule has 96 valence electrons. The molecule has 1 aromatic heterocycles. The van der Waals surface area contributed by atoms with Gasteiger partial charge in [-0.1, -0.05) is 29.8 Å². The van der Waals surface area contributed by atoms with Crippen LogP contribution >= 0.6 is 0 Å². The highest BCUT2D eigenvalue weighted by atomic mass is 15.3. The maximum atomic E-state index is 4.30. The molecule has 1 aromatic carbocycles. The fourth-order valence-electron chi connectivity index (χ4n) is 2.03. The molecule has 0 radical (unpaired) electrons. The molecule has 0 saturated carbocycles. The first kappa shape index (κ1) is 12.8. The highest BCUT2D eigenvalue weighted by molar-refractivity contribution is 5.21. The molecule has 2 aromatic rings. The van der Waals surface area contributed by atoms with E-state index >= 15 is 0 Å². The van der Waals surface area contributed by atoms with Gasteiger partial charge in [0.2, 0.25) is 0 Å². The van der Waals surface area contributed by atoms with Gasteiger partial charge in [0.25, 0.3) is 0 Å². The lowest BCUT2D eigenvalue weighted by Gasteiger charge is -2.15. The number of rotatable bonds is 5. The van der Waals surface area contributed by atoms with Gasteiger partial charge < -0.3 is 0 Å². The molecular weight excluding hydrogens is 222 g/mol. The van der Waals surface area contributed by atoms with Gasteiger partial charge in [-0.15, -0.1) is 0 Å². The average molecular weight is 243 g/mol. The summed E-state index contributed by atoms with van der Waals surface area (Å²) in [6.45, 7) is 7.06. The number of aryl methyl sites for hydroxylation is 2. The SMILES string of the molecule is CCn1cc(CN(C)Cc2ccc(C)cc2)cn1. The van der Waals surface area contributed by atoms with Gasteiger partial charge in [-0.05, 0) is 26.5 Å². The monoisotopic (exact) mass is 243 g/mol. The van der Waals surface area contributed by atoms with Gasteiger partial charge >= 0.3 is 0 Å². The third-order valence-corrected chi connectivity index (χ3v) is 3.04. The van der Waals surface area contributed by atoms with Crippen LogP contribution in [-0.4, -0.2) is 21.7 Å². The summed E-state index contributed by atoms with van der Waals surface area (Å²) >= 11 is 0. The smallest absolute Gasteiger partial charge is 0.0534 e. The van der Waals surface area contributed by atoms with E-state index in [-0.39, 0.29) is 0 Å². The summed E-state index contributed by atoms with van der Waals surface area (Å²) in [5, 5.41) is 4.30. The minimum absolute atomic E-state index is 0.932. The van der Waals surface area contributed by atoms with E-state index in [2.05, 4.69) is 61.4 Å². The van der Waals surface area contributed by atoms with Crippen LogP contribution in [0.5, 0.6) is 0 Å².